The molecule has 1 fully saturated rings. The average Bonchev–Trinajstić information content (AvgIpc) is 2.92. The Morgan fingerprint density at radius 3 is 2.68 bits per heavy atom. The molecule has 0 bridgehead atoms. The van der Waals surface area contributed by atoms with E-state index in [0.717, 1.165) is 26.2 Å². The van der Waals surface area contributed by atoms with Crippen LogP contribution in [0.2, 0.25) is 0 Å². The second-order valence-corrected chi connectivity index (χ2v) is 5.19. The van der Waals surface area contributed by atoms with Gasteiger partial charge in [0.15, 0.2) is 0 Å². The van der Waals surface area contributed by atoms with Crippen molar-refractivity contribution in [3.05, 3.63) is 23.8 Å². The summed E-state index contributed by atoms with van der Waals surface area (Å²) in [7, 11) is 0. The van der Waals surface area contributed by atoms with Crippen LogP contribution in [-0.2, 0) is 4.74 Å². The van der Waals surface area contributed by atoms with Crippen molar-refractivity contribution in [2.24, 2.45) is 0 Å². The summed E-state index contributed by atoms with van der Waals surface area (Å²) in [5.41, 5.74) is 3.85. The van der Waals surface area contributed by atoms with Crippen LogP contribution in [-0.4, -0.2) is 32.3 Å². The third kappa shape index (κ3) is 3.63. The third-order valence-electron chi connectivity index (χ3n) is 3.88. The van der Waals surface area contributed by atoms with Gasteiger partial charge in [-0.05, 0) is 57.4 Å². The second-order valence-electron chi connectivity index (χ2n) is 5.19. The van der Waals surface area contributed by atoms with Crippen LogP contribution >= 0.6 is 0 Å². The maximum atomic E-state index is 5.64. The lowest BCUT2D eigenvalue weighted by Crippen LogP contribution is -2.22. The molecule has 1 aliphatic heterocycles. The van der Waals surface area contributed by atoms with Gasteiger partial charge >= 0.3 is 0 Å². The third-order valence-corrected chi connectivity index (χ3v) is 3.88. The van der Waals surface area contributed by atoms with E-state index in [1.165, 1.54) is 29.8 Å². The summed E-state index contributed by atoms with van der Waals surface area (Å²) in [6.45, 7) is 10.5. The topological polar surface area (TPSA) is 24.5 Å². The van der Waals surface area contributed by atoms with Crippen LogP contribution in [0.4, 0.5) is 11.4 Å². The molecule has 19 heavy (non-hydrogen) atoms. The molecule has 1 saturated heterocycles. The van der Waals surface area contributed by atoms with Gasteiger partial charge in [-0.15, -0.1) is 0 Å². The molecule has 3 heteroatoms. The van der Waals surface area contributed by atoms with E-state index >= 15 is 0 Å². The number of rotatable bonds is 6. The average molecular weight is 262 g/mol. The van der Waals surface area contributed by atoms with Crippen LogP contribution in [0, 0.1) is 6.92 Å². The van der Waals surface area contributed by atoms with Gasteiger partial charge in [0.2, 0.25) is 0 Å². The maximum absolute atomic E-state index is 5.64. The summed E-state index contributed by atoms with van der Waals surface area (Å²) in [4.78, 5) is 2.37. The highest BCUT2D eigenvalue weighted by Gasteiger charge is 2.15. The van der Waals surface area contributed by atoms with Crippen molar-refractivity contribution >= 4 is 11.4 Å². The normalized spacial score (nSPS) is 18.6. The zero-order valence-electron chi connectivity index (χ0n) is 12.4. The van der Waals surface area contributed by atoms with Crippen LogP contribution in [0.25, 0.3) is 0 Å². The van der Waals surface area contributed by atoms with Crippen molar-refractivity contribution < 1.29 is 4.74 Å². The summed E-state index contributed by atoms with van der Waals surface area (Å²) < 4.78 is 5.64. The van der Waals surface area contributed by atoms with Crippen LogP contribution in [0.5, 0.6) is 0 Å². The molecule has 1 unspecified atom stereocenters. The maximum Gasteiger partial charge on any atom is 0.0748 e. The first-order valence-electron chi connectivity index (χ1n) is 7.45. The molecule has 0 spiro atoms. The summed E-state index contributed by atoms with van der Waals surface area (Å²) in [5.74, 6) is 0. The van der Waals surface area contributed by atoms with Gasteiger partial charge < -0.3 is 15.0 Å². The molecule has 0 radical (unpaired) electrons. The molecule has 0 saturated carbocycles. The molecule has 1 aliphatic rings. The van der Waals surface area contributed by atoms with Gasteiger partial charge in [-0.3, -0.25) is 0 Å². The number of aryl methyl sites for hydroxylation is 1. The largest absolute Gasteiger partial charge is 0.382 e. The molecule has 1 N–H and O–H groups in total. The Morgan fingerprint density at radius 2 is 2.11 bits per heavy atom. The number of hydrogen-bond acceptors (Lipinski definition) is 3. The Labute approximate surface area is 116 Å². The smallest absolute Gasteiger partial charge is 0.0748 e. The standard InChI is InChI=1S/C16H26N2O/c1-4-18(5-2)14-8-9-16(13(3)11-14)17-12-15-7-6-10-19-15/h8-9,11,15,17H,4-7,10,12H2,1-3H3. The van der Waals surface area contributed by atoms with Crippen molar-refractivity contribution in [3.63, 3.8) is 0 Å². The van der Waals surface area contributed by atoms with Gasteiger partial charge in [0, 0.05) is 37.6 Å². The summed E-state index contributed by atoms with van der Waals surface area (Å²) in [5, 5.41) is 3.51. The number of ether oxygens (including phenoxy) is 1. The predicted molar refractivity (Wildman–Crippen MR) is 82.2 cm³/mol. The fourth-order valence-corrected chi connectivity index (χ4v) is 2.66. The Kier molecular flexibility index (Phi) is 5.08. The number of nitrogens with zero attached hydrogens (tertiary/aromatic N) is 1. The van der Waals surface area contributed by atoms with E-state index in [2.05, 4.69) is 49.2 Å². The number of nitrogens with one attached hydrogen (secondary N) is 1. The summed E-state index contributed by atoms with van der Waals surface area (Å²) in [6, 6.07) is 6.67. The molecule has 1 heterocycles. The van der Waals surface area contributed by atoms with Gasteiger partial charge in [-0.1, -0.05) is 0 Å². The fraction of sp³-hybridized carbons (Fsp3) is 0.625. The van der Waals surface area contributed by atoms with Crippen molar-refractivity contribution in [2.45, 2.75) is 39.7 Å². The zero-order valence-corrected chi connectivity index (χ0v) is 12.4. The highest BCUT2D eigenvalue weighted by molar-refractivity contribution is 5.60. The minimum Gasteiger partial charge on any atom is -0.382 e. The van der Waals surface area contributed by atoms with E-state index in [4.69, 9.17) is 4.74 Å². The van der Waals surface area contributed by atoms with Crippen molar-refractivity contribution in [2.75, 3.05) is 36.5 Å². The van der Waals surface area contributed by atoms with Crippen molar-refractivity contribution in [3.8, 4) is 0 Å². The molecule has 1 atom stereocenters. The van der Waals surface area contributed by atoms with Gasteiger partial charge in [0.25, 0.3) is 0 Å². The van der Waals surface area contributed by atoms with E-state index in [9.17, 15) is 0 Å². The van der Waals surface area contributed by atoms with Crippen LogP contribution in [0.1, 0.15) is 32.3 Å². The first-order chi connectivity index (χ1) is 9.24. The molecule has 3 nitrogen and oxygen atoms in total. The highest BCUT2D eigenvalue weighted by atomic mass is 16.5. The van der Waals surface area contributed by atoms with Gasteiger partial charge in [-0.2, -0.15) is 0 Å². The Bertz CT molecular complexity index is 396. The summed E-state index contributed by atoms with van der Waals surface area (Å²) >= 11 is 0. The first-order valence-corrected chi connectivity index (χ1v) is 7.45. The van der Waals surface area contributed by atoms with E-state index in [1.54, 1.807) is 0 Å². The van der Waals surface area contributed by atoms with Crippen molar-refractivity contribution in [1.29, 1.82) is 0 Å². The van der Waals surface area contributed by atoms with Crippen LogP contribution in [0.3, 0.4) is 0 Å². The summed E-state index contributed by atoms with van der Waals surface area (Å²) in [6.07, 6.45) is 2.78. The minimum absolute atomic E-state index is 0.391. The van der Waals surface area contributed by atoms with E-state index in [-0.39, 0.29) is 0 Å². The van der Waals surface area contributed by atoms with Crippen molar-refractivity contribution in [1.82, 2.24) is 0 Å². The van der Waals surface area contributed by atoms with Crippen LogP contribution < -0.4 is 10.2 Å². The SMILES string of the molecule is CCN(CC)c1ccc(NCC2CCCO2)c(C)c1. The van der Waals surface area contributed by atoms with Gasteiger partial charge in [0.05, 0.1) is 6.10 Å². The fourth-order valence-electron chi connectivity index (χ4n) is 2.66. The van der Waals surface area contributed by atoms with E-state index in [1.807, 2.05) is 0 Å². The predicted octanol–water partition coefficient (Wildman–Crippen LogP) is 3.43. The molecular formula is C16H26N2O. The Morgan fingerprint density at radius 1 is 1.32 bits per heavy atom. The highest BCUT2D eigenvalue weighted by Crippen LogP contribution is 2.23. The van der Waals surface area contributed by atoms with E-state index < -0.39 is 0 Å². The van der Waals surface area contributed by atoms with Gasteiger partial charge in [0.1, 0.15) is 0 Å². The number of benzene rings is 1. The molecule has 1 aromatic carbocycles. The lowest BCUT2D eigenvalue weighted by atomic mass is 10.1. The quantitative estimate of drug-likeness (QED) is 0.850. The lowest BCUT2D eigenvalue weighted by molar-refractivity contribution is 0.120. The molecule has 1 aromatic rings. The molecule has 106 valence electrons. The second kappa shape index (κ2) is 6.80. The lowest BCUT2D eigenvalue weighted by Gasteiger charge is -2.22. The first kappa shape index (κ1) is 14.2. The molecule has 2 rings (SSSR count). The Hall–Kier alpha value is -1.22. The monoisotopic (exact) mass is 262 g/mol. The molecular weight excluding hydrogens is 236 g/mol. The van der Waals surface area contributed by atoms with Crippen LogP contribution in [0.15, 0.2) is 18.2 Å². The Balaban J connectivity index is 1.97. The number of anilines is 2. The molecule has 0 amide bonds. The van der Waals surface area contributed by atoms with Gasteiger partial charge in [-0.25, -0.2) is 0 Å². The molecule has 0 aliphatic carbocycles. The minimum atomic E-state index is 0.391. The van der Waals surface area contributed by atoms with E-state index in [0.29, 0.717) is 6.10 Å². The molecule has 0 aromatic heterocycles. The zero-order chi connectivity index (χ0) is 13.7. The number of hydrogen-bond donors (Lipinski definition) is 1.